The number of ether oxygens (including phenoxy) is 1. The van der Waals surface area contributed by atoms with Crippen LogP contribution in [0.5, 0.6) is 5.75 Å². The van der Waals surface area contributed by atoms with Gasteiger partial charge in [0.05, 0.1) is 0 Å². The van der Waals surface area contributed by atoms with E-state index >= 15 is 0 Å². The van der Waals surface area contributed by atoms with E-state index in [4.69, 9.17) is 16.3 Å². The van der Waals surface area contributed by atoms with Gasteiger partial charge >= 0.3 is 0 Å². The van der Waals surface area contributed by atoms with Gasteiger partial charge in [0.1, 0.15) is 5.75 Å². The van der Waals surface area contributed by atoms with Gasteiger partial charge in [-0.2, -0.15) is 0 Å². The Balaban J connectivity index is 2.71. The molecule has 3 heteroatoms. The van der Waals surface area contributed by atoms with Crippen LogP contribution in [-0.4, -0.2) is 11.3 Å². The third kappa shape index (κ3) is 3.53. The van der Waals surface area contributed by atoms with Crippen LogP contribution in [0, 0.1) is 0 Å². The zero-order valence-corrected chi connectivity index (χ0v) is 10.6. The molecule has 0 aliphatic rings. The van der Waals surface area contributed by atoms with E-state index < -0.39 is 11.3 Å². The molecule has 2 nitrogen and oxygen atoms in total. The predicted octanol–water partition coefficient (Wildman–Crippen LogP) is 3.73. The van der Waals surface area contributed by atoms with E-state index in [-0.39, 0.29) is 0 Å². The lowest BCUT2D eigenvalue weighted by molar-refractivity contribution is -0.117. The van der Waals surface area contributed by atoms with Crippen LogP contribution in [0.4, 0.5) is 0 Å². The van der Waals surface area contributed by atoms with Gasteiger partial charge in [0.2, 0.25) is 0 Å². The van der Waals surface area contributed by atoms with Crippen molar-refractivity contribution in [2.24, 2.45) is 0 Å². The van der Waals surface area contributed by atoms with Crippen molar-refractivity contribution < 1.29 is 9.53 Å². The maximum Gasteiger partial charge on any atom is 0.262 e. The molecule has 1 atom stereocenters. The highest BCUT2D eigenvalue weighted by Crippen LogP contribution is 2.20. The minimum absolute atomic E-state index is 0.449. The third-order valence-electron chi connectivity index (χ3n) is 2.45. The van der Waals surface area contributed by atoms with Gasteiger partial charge in [-0.05, 0) is 41.6 Å². The lowest BCUT2D eigenvalue weighted by Gasteiger charge is -2.14. The van der Waals surface area contributed by atoms with Gasteiger partial charge in [-0.1, -0.05) is 32.9 Å². The fourth-order valence-corrected chi connectivity index (χ4v) is 1.58. The van der Waals surface area contributed by atoms with Crippen molar-refractivity contribution in [2.45, 2.75) is 39.2 Å². The molecule has 0 aliphatic heterocycles. The molecular formula is C13H17ClO2. The second-order valence-electron chi connectivity index (χ2n) is 4.04. The second kappa shape index (κ2) is 5.90. The fourth-order valence-electron chi connectivity index (χ4n) is 1.39. The maximum absolute atomic E-state index is 11.0. The van der Waals surface area contributed by atoms with Crippen molar-refractivity contribution in [3.63, 3.8) is 0 Å². The summed E-state index contributed by atoms with van der Waals surface area (Å²) in [5.41, 5.74) is 1.25. The van der Waals surface area contributed by atoms with Crippen LogP contribution in [0.25, 0.3) is 0 Å². The van der Waals surface area contributed by atoms with Gasteiger partial charge in [-0.15, -0.1) is 0 Å². The first-order valence-corrected chi connectivity index (χ1v) is 5.88. The summed E-state index contributed by atoms with van der Waals surface area (Å²) < 4.78 is 5.48. The number of hydrogen-bond donors (Lipinski definition) is 0. The number of carbonyl (C=O) groups is 1. The highest BCUT2D eigenvalue weighted by molar-refractivity contribution is 6.64. The molecule has 1 aromatic rings. The highest BCUT2D eigenvalue weighted by Gasteiger charge is 2.15. The van der Waals surface area contributed by atoms with E-state index in [0.717, 1.165) is 0 Å². The summed E-state index contributed by atoms with van der Waals surface area (Å²) in [6.07, 6.45) is 0.0282. The Hall–Kier alpha value is -1.02. The zero-order valence-electron chi connectivity index (χ0n) is 9.87. The Morgan fingerprint density at radius 3 is 2.25 bits per heavy atom. The number of benzene rings is 1. The van der Waals surface area contributed by atoms with E-state index in [0.29, 0.717) is 18.1 Å². The van der Waals surface area contributed by atoms with Gasteiger partial charge in [-0.25, -0.2) is 0 Å². The van der Waals surface area contributed by atoms with Crippen molar-refractivity contribution in [3.8, 4) is 5.75 Å². The Morgan fingerprint density at radius 2 is 1.88 bits per heavy atom. The molecule has 0 saturated heterocycles. The molecule has 1 aromatic carbocycles. The summed E-state index contributed by atoms with van der Waals surface area (Å²) >= 11 is 5.41. The van der Waals surface area contributed by atoms with Gasteiger partial charge in [0, 0.05) is 0 Å². The average Bonchev–Trinajstić information content (AvgIpc) is 2.26. The summed E-state index contributed by atoms with van der Waals surface area (Å²) in [7, 11) is 0. The molecular weight excluding hydrogens is 224 g/mol. The third-order valence-corrected chi connectivity index (χ3v) is 2.69. The van der Waals surface area contributed by atoms with Crippen LogP contribution in [0.3, 0.4) is 0 Å². The molecule has 88 valence electrons. The van der Waals surface area contributed by atoms with Crippen LogP contribution in [0.15, 0.2) is 24.3 Å². The standard InChI is InChI=1S/C13H17ClO2/c1-4-12(13(14)15)16-11-7-5-10(6-8-11)9(2)3/h5-9,12H,4H2,1-3H3/t12-/m1/s1. The molecule has 0 bridgehead atoms. The number of carbonyl (C=O) groups excluding carboxylic acids is 1. The van der Waals surface area contributed by atoms with Crippen LogP contribution < -0.4 is 4.74 Å². The Morgan fingerprint density at radius 1 is 1.31 bits per heavy atom. The molecule has 0 radical (unpaired) electrons. The summed E-state index contributed by atoms with van der Waals surface area (Å²) in [6.45, 7) is 6.13. The molecule has 0 heterocycles. The van der Waals surface area contributed by atoms with E-state index in [9.17, 15) is 4.79 Å². The van der Waals surface area contributed by atoms with Gasteiger partial charge in [0.25, 0.3) is 5.24 Å². The summed E-state index contributed by atoms with van der Waals surface area (Å²) in [5.74, 6) is 1.18. The minimum atomic E-state index is -0.549. The van der Waals surface area contributed by atoms with E-state index in [1.54, 1.807) is 0 Å². The zero-order chi connectivity index (χ0) is 12.1. The Kier molecular flexibility index (Phi) is 4.81. The number of halogens is 1. The molecule has 1 rings (SSSR count). The molecule has 0 fully saturated rings. The molecule has 0 amide bonds. The highest BCUT2D eigenvalue weighted by atomic mass is 35.5. The largest absolute Gasteiger partial charge is 0.481 e. The van der Waals surface area contributed by atoms with Gasteiger partial charge < -0.3 is 4.74 Å². The second-order valence-corrected chi connectivity index (χ2v) is 4.42. The lowest BCUT2D eigenvalue weighted by Crippen LogP contribution is -2.22. The first-order valence-electron chi connectivity index (χ1n) is 5.50. The molecule has 0 saturated carbocycles. The van der Waals surface area contributed by atoms with Crippen LogP contribution in [0.1, 0.15) is 38.7 Å². The normalized spacial score (nSPS) is 12.6. The molecule has 0 aromatic heterocycles. The topological polar surface area (TPSA) is 26.3 Å². The van der Waals surface area contributed by atoms with Crippen LogP contribution in [0.2, 0.25) is 0 Å². The SMILES string of the molecule is CC[C@@H](Oc1ccc(C(C)C)cc1)C(=O)Cl. The van der Waals surface area contributed by atoms with Gasteiger partial charge in [0.15, 0.2) is 6.10 Å². The quantitative estimate of drug-likeness (QED) is 0.733. The van der Waals surface area contributed by atoms with Crippen molar-refractivity contribution in [3.05, 3.63) is 29.8 Å². The first kappa shape index (κ1) is 13.0. The fraction of sp³-hybridized carbons (Fsp3) is 0.462. The molecule has 0 spiro atoms. The van der Waals surface area contributed by atoms with Crippen molar-refractivity contribution in [1.82, 2.24) is 0 Å². The smallest absolute Gasteiger partial charge is 0.262 e. The van der Waals surface area contributed by atoms with Crippen molar-refractivity contribution >= 4 is 16.8 Å². The van der Waals surface area contributed by atoms with Crippen LogP contribution in [-0.2, 0) is 4.79 Å². The summed E-state index contributed by atoms with van der Waals surface area (Å²) in [5, 5.41) is -0.449. The first-order chi connectivity index (χ1) is 7.54. The molecule has 0 aliphatic carbocycles. The van der Waals surface area contributed by atoms with Crippen molar-refractivity contribution in [1.29, 1.82) is 0 Å². The lowest BCUT2D eigenvalue weighted by atomic mass is 10.0. The monoisotopic (exact) mass is 240 g/mol. The summed E-state index contributed by atoms with van der Waals surface area (Å²) in [6, 6.07) is 7.76. The Labute approximate surface area is 102 Å². The predicted molar refractivity (Wildman–Crippen MR) is 66.1 cm³/mol. The maximum atomic E-state index is 11.0. The number of rotatable bonds is 5. The van der Waals surface area contributed by atoms with Crippen molar-refractivity contribution in [2.75, 3.05) is 0 Å². The van der Waals surface area contributed by atoms with Gasteiger partial charge in [-0.3, -0.25) is 4.79 Å². The molecule has 16 heavy (non-hydrogen) atoms. The summed E-state index contributed by atoms with van der Waals surface area (Å²) in [4.78, 5) is 11.0. The van der Waals surface area contributed by atoms with Crippen LogP contribution >= 0.6 is 11.6 Å². The molecule has 0 N–H and O–H groups in total. The average molecular weight is 241 g/mol. The Bertz CT molecular complexity index is 343. The van der Waals surface area contributed by atoms with E-state index in [2.05, 4.69) is 13.8 Å². The minimum Gasteiger partial charge on any atom is -0.481 e. The molecule has 0 unspecified atom stereocenters. The van der Waals surface area contributed by atoms with E-state index in [1.807, 2.05) is 31.2 Å². The van der Waals surface area contributed by atoms with E-state index in [1.165, 1.54) is 5.56 Å². The number of hydrogen-bond acceptors (Lipinski definition) is 2.